The lowest BCUT2D eigenvalue weighted by atomic mass is 10.2. The van der Waals surface area contributed by atoms with E-state index >= 15 is 0 Å². The van der Waals surface area contributed by atoms with Crippen molar-refractivity contribution in [2.45, 2.75) is 18.9 Å². The van der Waals surface area contributed by atoms with Gasteiger partial charge >= 0.3 is 0 Å². The quantitative estimate of drug-likeness (QED) is 0.869. The van der Waals surface area contributed by atoms with Gasteiger partial charge in [0.1, 0.15) is 19.3 Å². The van der Waals surface area contributed by atoms with E-state index in [4.69, 9.17) is 21.1 Å². The molecule has 1 N–H and O–H groups in total. The Labute approximate surface area is 159 Å². The first-order valence-corrected chi connectivity index (χ1v) is 9.64. The Bertz CT molecular complexity index is 840. The zero-order valence-electron chi connectivity index (χ0n) is 13.9. The highest BCUT2D eigenvalue weighted by Gasteiger charge is 2.35. The molecule has 0 bridgehead atoms. The summed E-state index contributed by atoms with van der Waals surface area (Å²) in [6.45, 7) is 1.49. The lowest BCUT2D eigenvalue weighted by Crippen LogP contribution is -2.43. The molecule has 6 nitrogen and oxygen atoms in total. The summed E-state index contributed by atoms with van der Waals surface area (Å²) in [7, 11) is 0. The number of ether oxygens (including phenoxy) is 2. The molecule has 26 heavy (non-hydrogen) atoms. The van der Waals surface area contributed by atoms with Gasteiger partial charge in [-0.1, -0.05) is 17.7 Å². The van der Waals surface area contributed by atoms with E-state index < -0.39 is 6.04 Å². The Morgan fingerprint density at radius 3 is 2.73 bits per heavy atom. The molecule has 1 fully saturated rings. The number of benzene rings is 1. The first-order valence-electron chi connectivity index (χ1n) is 8.38. The molecule has 2 aromatic rings. The number of nitrogens with zero attached hydrogens (tertiary/aromatic N) is 1. The smallest absolute Gasteiger partial charge is 0.264 e. The van der Waals surface area contributed by atoms with Crippen LogP contribution in [0.25, 0.3) is 0 Å². The van der Waals surface area contributed by atoms with Crippen LogP contribution in [0.1, 0.15) is 22.5 Å². The lowest BCUT2D eigenvalue weighted by Gasteiger charge is -2.24. The number of fused-ring (bicyclic) bond motifs is 1. The Kier molecular flexibility index (Phi) is 4.74. The van der Waals surface area contributed by atoms with Crippen LogP contribution in [-0.4, -0.2) is 42.5 Å². The zero-order chi connectivity index (χ0) is 18.1. The largest absolute Gasteiger partial charge is 0.486 e. The summed E-state index contributed by atoms with van der Waals surface area (Å²) in [6.07, 6.45) is 1.43. The molecule has 2 aliphatic rings. The summed E-state index contributed by atoms with van der Waals surface area (Å²) in [5.41, 5.74) is 0.455. The number of hydrogen-bond donors (Lipinski definition) is 1. The van der Waals surface area contributed by atoms with Crippen LogP contribution in [0.15, 0.2) is 29.6 Å². The molecule has 1 aromatic carbocycles. The molecule has 0 spiro atoms. The second kappa shape index (κ2) is 7.17. The molecule has 136 valence electrons. The highest BCUT2D eigenvalue weighted by molar-refractivity contribution is 7.12. The lowest BCUT2D eigenvalue weighted by molar-refractivity contribution is -0.119. The minimum absolute atomic E-state index is 0.106. The maximum atomic E-state index is 12.8. The molecule has 0 radical (unpaired) electrons. The van der Waals surface area contributed by atoms with E-state index in [1.165, 1.54) is 11.3 Å². The molecule has 0 unspecified atom stereocenters. The van der Waals surface area contributed by atoms with Crippen LogP contribution < -0.4 is 14.8 Å². The number of carbonyl (C=O) groups is 2. The highest BCUT2D eigenvalue weighted by Crippen LogP contribution is 2.38. The van der Waals surface area contributed by atoms with Crippen molar-refractivity contribution < 1.29 is 19.1 Å². The van der Waals surface area contributed by atoms with Crippen molar-refractivity contribution in [3.63, 3.8) is 0 Å². The molecule has 2 aliphatic heterocycles. The molecule has 8 heteroatoms. The Balaban J connectivity index is 1.51. The van der Waals surface area contributed by atoms with E-state index in [2.05, 4.69) is 5.32 Å². The van der Waals surface area contributed by atoms with Gasteiger partial charge in [0.05, 0.1) is 15.6 Å². The van der Waals surface area contributed by atoms with Gasteiger partial charge in [-0.05, 0) is 24.3 Å². The van der Waals surface area contributed by atoms with Crippen LogP contribution in [0.2, 0.25) is 5.02 Å². The average molecular weight is 393 g/mol. The molecule has 1 atom stereocenters. The van der Waals surface area contributed by atoms with E-state index in [9.17, 15) is 9.59 Å². The monoisotopic (exact) mass is 392 g/mol. The second-order valence-corrected chi connectivity index (χ2v) is 7.45. The summed E-state index contributed by atoms with van der Waals surface area (Å²) < 4.78 is 11.0. The highest BCUT2D eigenvalue weighted by atomic mass is 35.5. The van der Waals surface area contributed by atoms with E-state index in [0.29, 0.717) is 53.3 Å². The van der Waals surface area contributed by atoms with Crippen molar-refractivity contribution >= 4 is 40.4 Å². The number of carbonyl (C=O) groups excluding carboxylic acids is 2. The maximum absolute atomic E-state index is 12.8. The Hall–Kier alpha value is -2.25. The van der Waals surface area contributed by atoms with E-state index in [-0.39, 0.29) is 11.8 Å². The molecule has 1 aromatic heterocycles. The van der Waals surface area contributed by atoms with Crippen molar-refractivity contribution in [2.75, 3.05) is 25.1 Å². The standard InChI is InChI=1S/C18H17ClN2O4S/c19-11-9-14-15(25-7-6-24-14)10-12(11)20-17(22)13-3-1-5-21(13)18(23)16-4-2-8-26-16/h2,4,8-10,13H,1,3,5-7H2,(H,20,22)/t13-/m0/s1. The first-order chi connectivity index (χ1) is 12.6. The van der Waals surface area contributed by atoms with Gasteiger partial charge in [-0.25, -0.2) is 0 Å². The van der Waals surface area contributed by atoms with Crippen molar-refractivity contribution in [1.29, 1.82) is 0 Å². The fraction of sp³-hybridized carbons (Fsp3) is 0.333. The van der Waals surface area contributed by atoms with Gasteiger partial charge in [-0.2, -0.15) is 0 Å². The summed E-state index contributed by atoms with van der Waals surface area (Å²) >= 11 is 7.64. The van der Waals surface area contributed by atoms with Crippen LogP contribution in [0.4, 0.5) is 5.69 Å². The summed E-state index contributed by atoms with van der Waals surface area (Å²) in [5, 5.41) is 5.06. The fourth-order valence-electron chi connectivity index (χ4n) is 3.20. The predicted molar refractivity (Wildman–Crippen MR) is 99.4 cm³/mol. The van der Waals surface area contributed by atoms with Gasteiger partial charge in [-0.15, -0.1) is 11.3 Å². The van der Waals surface area contributed by atoms with Crippen LogP contribution in [-0.2, 0) is 4.79 Å². The van der Waals surface area contributed by atoms with Crippen LogP contribution in [0.3, 0.4) is 0 Å². The van der Waals surface area contributed by atoms with Crippen molar-refractivity contribution in [1.82, 2.24) is 4.90 Å². The van der Waals surface area contributed by atoms with Crippen LogP contribution >= 0.6 is 22.9 Å². The molecular formula is C18H17ClN2O4S. The molecule has 2 amide bonds. The molecule has 0 aliphatic carbocycles. The van der Waals surface area contributed by atoms with Crippen molar-refractivity contribution in [3.05, 3.63) is 39.5 Å². The maximum Gasteiger partial charge on any atom is 0.264 e. The van der Waals surface area contributed by atoms with E-state index in [0.717, 1.165) is 6.42 Å². The topological polar surface area (TPSA) is 67.9 Å². The summed E-state index contributed by atoms with van der Waals surface area (Å²) in [4.78, 5) is 27.7. The second-order valence-electron chi connectivity index (χ2n) is 6.10. The minimum Gasteiger partial charge on any atom is -0.486 e. The van der Waals surface area contributed by atoms with Gasteiger partial charge in [0.15, 0.2) is 11.5 Å². The molecular weight excluding hydrogens is 376 g/mol. The van der Waals surface area contributed by atoms with Gasteiger partial charge in [0, 0.05) is 18.7 Å². The number of amides is 2. The van der Waals surface area contributed by atoms with E-state index in [1.54, 1.807) is 23.1 Å². The third-order valence-corrected chi connectivity index (χ3v) is 5.61. The fourth-order valence-corrected chi connectivity index (χ4v) is 4.08. The minimum atomic E-state index is -0.506. The van der Waals surface area contributed by atoms with Crippen molar-refractivity contribution in [3.8, 4) is 11.5 Å². The molecule has 4 rings (SSSR count). The van der Waals surface area contributed by atoms with Gasteiger partial charge in [-0.3, -0.25) is 9.59 Å². The van der Waals surface area contributed by atoms with Crippen molar-refractivity contribution in [2.24, 2.45) is 0 Å². The number of rotatable bonds is 3. The van der Waals surface area contributed by atoms with Gasteiger partial charge in [0.2, 0.25) is 5.91 Å². The van der Waals surface area contributed by atoms with E-state index in [1.807, 2.05) is 11.4 Å². The zero-order valence-corrected chi connectivity index (χ0v) is 15.4. The number of hydrogen-bond acceptors (Lipinski definition) is 5. The van der Waals surface area contributed by atoms with Crippen LogP contribution in [0.5, 0.6) is 11.5 Å². The number of anilines is 1. The normalized spacial score (nSPS) is 18.7. The molecule has 0 saturated carbocycles. The summed E-state index contributed by atoms with van der Waals surface area (Å²) in [5.74, 6) is 0.764. The van der Waals surface area contributed by atoms with Gasteiger partial charge < -0.3 is 19.7 Å². The summed E-state index contributed by atoms with van der Waals surface area (Å²) in [6, 6.07) is 6.40. The number of likely N-dealkylation sites (tertiary alicyclic amines) is 1. The third-order valence-electron chi connectivity index (χ3n) is 4.44. The number of nitrogens with one attached hydrogen (secondary N) is 1. The average Bonchev–Trinajstić information content (AvgIpc) is 3.33. The van der Waals surface area contributed by atoms with Gasteiger partial charge in [0.25, 0.3) is 5.91 Å². The number of thiophene rings is 1. The first kappa shape index (κ1) is 17.2. The predicted octanol–water partition coefficient (Wildman–Crippen LogP) is 3.42. The SMILES string of the molecule is O=C(Nc1cc2c(cc1Cl)OCCO2)[C@@H]1CCCN1C(=O)c1cccs1. The molecule has 3 heterocycles. The third kappa shape index (κ3) is 3.24. The Morgan fingerprint density at radius 2 is 2.00 bits per heavy atom. The molecule has 1 saturated heterocycles. The van der Waals surface area contributed by atoms with Crippen LogP contribution in [0, 0.1) is 0 Å². The Morgan fingerprint density at radius 1 is 1.23 bits per heavy atom. The number of halogens is 1.